The highest BCUT2D eigenvalue weighted by Gasteiger charge is 2.54. The number of amides is 1. The molecule has 19 heteroatoms. The molecule has 0 aromatic rings. The van der Waals surface area contributed by atoms with Crippen molar-refractivity contribution in [2.24, 2.45) is 0 Å². The van der Waals surface area contributed by atoms with Crippen LogP contribution in [0.25, 0.3) is 0 Å². The Hall–Kier alpha value is -1.21. The Kier molecular flexibility index (Phi) is 55.8. The molecule has 0 radical (unpaired) electrons. The Balaban J connectivity index is 1.34. The summed E-state index contributed by atoms with van der Waals surface area (Å²) in [5.41, 5.74) is 0. The highest BCUT2D eigenvalue weighted by atomic mass is 16.8. The second-order valence-electron chi connectivity index (χ2n) is 29.6. The number of ether oxygens (including phenoxy) is 6. The van der Waals surface area contributed by atoms with E-state index in [-0.39, 0.29) is 18.9 Å². The minimum absolute atomic E-state index is 0.233. The molecule has 3 aliphatic heterocycles. The van der Waals surface area contributed by atoms with Gasteiger partial charge in [0.05, 0.1) is 38.6 Å². The Morgan fingerprint density at radius 3 is 0.897 bits per heavy atom. The van der Waals surface area contributed by atoms with Gasteiger partial charge in [-0.15, -0.1) is 0 Å². The number of nitrogens with one attached hydrogen (secondary N) is 1. The van der Waals surface area contributed by atoms with Gasteiger partial charge >= 0.3 is 0 Å². The number of carbonyl (C=O) groups excluding carboxylic acids is 1. The summed E-state index contributed by atoms with van der Waals surface area (Å²) in [5, 5.41) is 121. The largest absolute Gasteiger partial charge is 0.394 e. The van der Waals surface area contributed by atoms with Crippen molar-refractivity contribution in [2.75, 3.05) is 26.4 Å². The van der Waals surface area contributed by atoms with Crippen molar-refractivity contribution >= 4 is 5.91 Å². The minimum atomic E-state index is -1.97. The van der Waals surface area contributed by atoms with Gasteiger partial charge in [0.1, 0.15) is 73.2 Å². The zero-order valence-electron chi connectivity index (χ0n) is 61.6. The van der Waals surface area contributed by atoms with Crippen molar-refractivity contribution in [3.63, 3.8) is 0 Å². The second kappa shape index (κ2) is 60.1. The minimum Gasteiger partial charge on any atom is -0.394 e. The molecule has 97 heavy (non-hydrogen) atoms. The molecule has 3 aliphatic rings. The first-order chi connectivity index (χ1) is 47.3. The van der Waals surface area contributed by atoms with Crippen molar-refractivity contribution in [3.05, 3.63) is 0 Å². The first-order valence-electron chi connectivity index (χ1n) is 40.8. The lowest BCUT2D eigenvalue weighted by atomic mass is 9.96. The fourth-order valence-corrected chi connectivity index (χ4v) is 14.4. The third-order valence-corrected chi connectivity index (χ3v) is 20.9. The summed E-state index contributed by atoms with van der Waals surface area (Å²) in [5.74, 6) is -0.233. The van der Waals surface area contributed by atoms with Crippen LogP contribution in [0.5, 0.6) is 0 Å². The van der Waals surface area contributed by atoms with Crippen LogP contribution in [0.1, 0.15) is 361 Å². The van der Waals surface area contributed by atoms with Gasteiger partial charge in [-0.1, -0.05) is 341 Å². The molecule has 0 saturated carbocycles. The molecule has 17 unspecified atom stereocenters. The third-order valence-electron chi connectivity index (χ3n) is 20.9. The van der Waals surface area contributed by atoms with Crippen LogP contribution in [0.3, 0.4) is 0 Å². The van der Waals surface area contributed by atoms with Crippen LogP contribution in [-0.4, -0.2) is 193 Å². The molecule has 0 bridgehead atoms. The molecular weight excluding hydrogens is 1240 g/mol. The van der Waals surface area contributed by atoms with Gasteiger partial charge in [-0.3, -0.25) is 4.79 Å². The Morgan fingerprint density at radius 1 is 0.330 bits per heavy atom. The molecule has 3 saturated heterocycles. The Labute approximate surface area is 589 Å². The van der Waals surface area contributed by atoms with E-state index in [1.54, 1.807) is 0 Å². The van der Waals surface area contributed by atoms with Crippen molar-refractivity contribution in [2.45, 2.75) is 465 Å². The number of aliphatic hydroxyl groups excluding tert-OH is 11. The molecule has 3 fully saturated rings. The smallest absolute Gasteiger partial charge is 0.220 e. The van der Waals surface area contributed by atoms with Gasteiger partial charge < -0.3 is 89.9 Å². The van der Waals surface area contributed by atoms with Crippen LogP contribution < -0.4 is 5.32 Å². The first-order valence-corrected chi connectivity index (χ1v) is 40.8. The quantitative estimate of drug-likeness (QED) is 0.0252. The van der Waals surface area contributed by atoms with E-state index in [0.717, 1.165) is 44.9 Å². The predicted octanol–water partition coefficient (Wildman–Crippen LogP) is 13.4. The molecule has 3 heterocycles. The standard InChI is InChI=1S/C78H151NO18/c1-3-5-7-9-11-13-15-17-19-21-23-24-25-26-27-28-29-30-31-32-33-34-35-36-38-39-41-43-45-47-49-51-53-55-62(83)61(79-66(84)56-54-52-50-48-46-44-42-40-37-22-20-18-16-14-12-10-8-6-4-2)60-92-76-72(90)69(87)74(64(58-81)94-76)97-78-73(91)70(88)75(65(59-82)95-78)96-77-71(89)68(86)67(85)63(57-80)93-77/h61-65,67-78,80-83,85-91H,3-60H2,1-2H3,(H,79,84). The lowest BCUT2D eigenvalue weighted by Crippen LogP contribution is -2.66. The molecule has 12 N–H and O–H groups in total. The summed E-state index contributed by atoms with van der Waals surface area (Å²) in [6.45, 7) is 1.87. The number of carbonyl (C=O) groups is 1. The van der Waals surface area contributed by atoms with E-state index in [0.29, 0.717) is 12.8 Å². The van der Waals surface area contributed by atoms with Gasteiger partial charge in [0.15, 0.2) is 18.9 Å². The van der Waals surface area contributed by atoms with Gasteiger partial charge in [-0.25, -0.2) is 0 Å². The molecule has 0 aromatic heterocycles. The maximum atomic E-state index is 13.5. The van der Waals surface area contributed by atoms with Crippen LogP contribution in [0, 0.1) is 0 Å². The molecule has 0 aromatic carbocycles. The van der Waals surface area contributed by atoms with Crippen molar-refractivity contribution < 1.29 is 89.4 Å². The summed E-state index contributed by atoms with van der Waals surface area (Å²) in [7, 11) is 0. The van der Waals surface area contributed by atoms with E-state index in [9.17, 15) is 61.0 Å². The van der Waals surface area contributed by atoms with Crippen LogP contribution >= 0.6 is 0 Å². The van der Waals surface area contributed by atoms with E-state index >= 15 is 0 Å². The van der Waals surface area contributed by atoms with E-state index in [1.807, 2.05) is 0 Å². The van der Waals surface area contributed by atoms with Gasteiger partial charge in [-0.2, -0.15) is 0 Å². The number of unbranched alkanes of at least 4 members (excludes halogenated alkanes) is 50. The summed E-state index contributed by atoms with van der Waals surface area (Å²) in [6.07, 6.45) is 42.0. The number of hydrogen-bond donors (Lipinski definition) is 12. The molecule has 3 rings (SSSR count). The topological polar surface area (TPSA) is 307 Å². The first kappa shape index (κ1) is 90.0. The lowest BCUT2D eigenvalue weighted by molar-refractivity contribution is -0.379. The molecule has 0 spiro atoms. The highest BCUT2D eigenvalue weighted by molar-refractivity contribution is 5.76. The SMILES string of the molecule is CCCCCCCCCCCCCCCCCCCCCCCCCCCCCCCCCCCC(O)C(COC1OC(CO)C(OC2OC(CO)C(OC3OC(CO)C(O)C(O)C3O)C(O)C2O)C(O)C1O)NC(=O)CCCCCCCCCCCCCCCCCCCCC. The highest BCUT2D eigenvalue weighted by Crippen LogP contribution is 2.33. The Morgan fingerprint density at radius 2 is 0.588 bits per heavy atom. The van der Waals surface area contributed by atoms with Crippen LogP contribution in [0.4, 0.5) is 0 Å². The van der Waals surface area contributed by atoms with Crippen molar-refractivity contribution in [1.29, 1.82) is 0 Å². The number of hydrogen-bond acceptors (Lipinski definition) is 18. The van der Waals surface area contributed by atoms with E-state index in [4.69, 9.17) is 28.4 Å². The number of rotatable bonds is 66. The molecule has 0 aliphatic carbocycles. The summed E-state index contributed by atoms with van der Waals surface area (Å²) >= 11 is 0. The van der Waals surface area contributed by atoms with Gasteiger partial charge in [0.2, 0.25) is 5.91 Å². The molecular formula is C78H151NO18. The maximum Gasteiger partial charge on any atom is 0.220 e. The summed E-state index contributed by atoms with van der Waals surface area (Å²) in [6, 6.07) is -0.883. The van der Waals surface area contributed by atoms with Crippen LogP contribution in [0.15, 0.2) is 0 Å². The van der Waals surface area contributed by atoms with Crippen LogP contribution in [-0.2, 0) is 33.2 Å². The molecule has 1 amide bonds. The third kappa shape index (κ3) is 40.6. The fourth-order valence-electron chi connectivity index (χ4n) is 14.4. The second-order valence-corrected chi connectivity index (χ2v) is 29.6. The van der Waals surface area contributed by atoms with E-state index in [1.165, 1.54) is 283 Å². The zero-order valence-corrected chi connectivity index (χ0v) is 61.6. The fraction of sp³-hybridized carbons (Fsp3) is 0.987. The van der Waals surface area contributed by atoms with Crippen molar-refractivity contribution in [1.82, 2.24) is 5.32 Å². The number of aliphatic hydroxyl groups is 11. The molecule has 19 nitrogen and oxygen atoms in total. The van der Waals surface area contributed by atoms with Gasteiger partial charge in [0.25, 0.3) is 0 Å². The molecule has 576 valence electrons. The average Bonchev–Trinajstić information content (AvgIpc) is 0.792. The van der Waals surface area contributed by atoms with Gasteiger partial charge in [-0.05, 0) is 12.8 Å². The van der Waals surface area contributed by atoms with E-state index < -0.39 is 124 Å². The average molecular weight is 1390 g/mol. The van der Waals surface area contributed by atoms with Gasteiger partial charge in [0, 0.05) is 6.42 Å². The lowest BCUT2D eigenvalue weighted by Gasteiger charge is -2.48. The maximum absolute atomic E-state index is 13.5. The summed E-state index contributed by atoms with van der Waals surface area (Å²) < 4.78 is 34.5. The van der Waals surface area contributed by atoms with Crippen LogP contribution in [0.2, 0.25) is 0 Å². The summed E-state index contributed by atoms with van der Waals surface area (Å²) in [4.78, 5) is 13.5. The zero-order chi connectivity index (χ0) is 70.4. The van der Waals surface area contributed by atoms with Crippen molar-refractivity contribution in [3.8, 4) is 0 Å². The Bertz CT molecular complexity index is 1760. The normalized spacial score (nSPS) is 26.8. The molecule has 17 atom stereocenters. The monoisotopic (exact) mass is 1390 g/mol. The van der Waals surface area contributed by atoms with E-state index in [2.05, 4.69) is 19.2 Å². The predicted molar refractivity (Wildman–Crippen MR) is 384 cm³/mol.